The van der Waals surface area contributed by atoms with Crippen LogP contribution in [0.25, 0.3) is 0 Å². The smallest absolute Gasteiger partial charge is 0.224 e. The number of carbonyl (C=O) groups is 1. The van der Waals surface area contributed by atoms with E-state index in [0.29, 0.717) is 18.9 Å². The second-order valence-electron chi connectivity index (χ2n) is 6.82. The van der Waals surface area contributed by atoms with Crippen LogP contribution in [0.2, 0.25) is 0 Å². The lowest BCUT2D eigenvalue weighted by molar-refractivity contribution is -0.116. The van der Waals surface area contributed by atoms with Gasteiger partial charge < -0.3 is 19.5 Å². The van der Waals surface area contributed by atoms with Crippen molar-refractivity contribution in [3.05, 3.63) is 48.0 Å². The summed E-state index contributed by atoms with van der Waals surface area (Å²) in [7, 11) is 3.23. The summed E-state index contributed by atoms with van der Waals surface area (Å²) in [5.41, 5.74) is 1.78. The first-order chi connectivity index (χ1) is 13.2. The molecule has 1 amide bonds. The molecule has 1 aliphatic rings. The number of hydrogen-bond acceptors (Lipinski definition) is 4. The molecule has 144 valence electrons. The molecule has 0 unspecified atom stereocenters. The number of nitrogens with one attached hydrogen (secondary N) is 1. The van der Waals surface area contributed by atoms with Gasteiger partial charge in [0.2, 0.25) is 5.91 Å². The van der Waals surface area contributed by atoms with Gasteiger partial charge in [-0.1, -0.05) is 0 Å². The van der Waals surface area contributed by atoms with Crippen molar-refractivity contribution >= 4 is 11.6 Å². The number of amides is 1. The lowest BCUT2D eigenvalue weighted by Crippen LogP contribution is -2.13. The molecule has 1 saturated carbocycles. The predicted molar refractivity (Wildman–Crippen MR) is 106 cm³/mol. The molecule has 0 bridgehead atoms. The number of anilines is 1. The van der Waals surface area contributed by atoms with Gasteiger partial charge in [-0.25, -0.2) is 0 Å². The highest BCUT2D eigenvalue weighted by molar-refractivity contribution is 5.90. The van der Waals surface area contributed by atoms with Gasteiger partial charge in [0, 0.05) is 18.2 Å². The Balaban J connectivity index is 1.50. The van der Waals surface area contributed by atoms with E-state index < -0.39 is 0 Å². The van der Waals surface area contributed by atoms with Gasteiger partial charge in [0.05, 0.1) is 20.3 Å². The molecule has 5 nitrogen and oxygen atoms in total. The Morgan fingerprint density at radius 2 is 1.59 bits per heavy atom. The molecule has 0 aliphatic heterocycles. The van der Waals surface area contributed by atoms with Crippen LogP contribution in [0.1, 0.15) is 37.7 Å². The van der Waals surface area contributed by atoms with Crippen LogP contribution in [0.5, 0.6) is 17.2 Å². The summed E-state index contributed by atoms with van der Waals surface area (Å²) in [6, 6.07) is 13.3. The Kier molecular flexibility index (Phi) is 6.58. The minimum atomic E-state index is -0.0266. The molecular weight excluding hydrogens is 342 g/mol. The first-order valence-electron chi connectivity index (χ1n) is 9.45. The highest BCUT2D eigenvalue weighted by atomic mass is 16.5. The van der Waals surface area contributed by atoms with Crippen LogP contribution in [0.15, 0.2) is 42.5 Å². The molecule has 2 aromatic carbocycles. The minimum absolute atomic E-state index is 0.0266. The predicted octanol–water partition coefficient (Wildman–Crippen LogP) is 4.60. The molecule has 1 N–H and O–H groups in total. The normalized spacial score (nSPS) is 14.0. The second kappa shape index (κ2) is 9.31. The van der Waals surface area contributed by atoms with Gasteiger partial charge in [-0.3, -0.25) is 4.79 Å². The number of ether oxygens (including phenoxy) is 3. The summed E-state index contributed by atoms with van der Waals surface area (Å²) in [5, 5.41) is 2.93. The Bertz CT molecular complexity index is 729. The van der Waals surface area contributed by atoms with Gasteiger partial charge in [0.1, 0.15) is 17.2 Å². The molecule has 0 spiro atoms. The second-order valence-corrected chi connectivity index (χ2v) is 6.82. The fourth-order valence-corrected chi connectivity index (χ4v) is 3.31. The van der Waals surface area contributed by atoms with Gasteiger partial charge >= 0.3 is 0 Å². The maximum absolute atomic E-state index is 12.3. The number of rotatable bonds is 8. The highest BCUT2D eigenvalue weighted by Gasteiger charge is 2.16. The molecule has 5 heteroatoms. The molecule has 0 radical (unpaired) electrons. The van der Waals surface area contributed by atoms with Crippen molar-refractivity contribution in [1.82, 2.24) is 0 Å². The number of methoxy groups -OCH3 is 2. The molecule has 0 saturated heterocycles. The fourth-order valence-electron chi connectivity index (χ4n) is 3.31. The summed E-state index contributed by atoms with van der Waals surface area (Å²) in [5.74, 6) is 2.29. The summed E-state index contributed by atoms with van der Waals surface area (Å²) in [4.78, 5) is 12.3. The minimum Gasteiger partial charge on any atom is -0.497 e. The van der Waals surface area contributed by atoms with E-state index in [1.165, 1.54) is 12.8 Å². The largest absolute Gasteiger partial charge is 0.497 e. The van der Waals surface area contributed by atoms with Crippen LogP contribution in [-0.2, 0) is 11.2 Å². The zero-order chi connectivity index (χ0) is 19.1. The quantitative estimate of drug-likeness (QED) is 0.739. The highest BCUT2D eigenvalue weighted by Crippen LogP contribution is 2.25. The SMILES string of the molecule is COc1cc(CCC(=O)Nc2ccc(OC3CCCC3)cc2)cc(OC)c1. The molecule has 0 heterocycles. The molecular formula is C22H27NO4. The van der Waals surface area contributed by atoms with Crippen LogP contribution in [0, 0.1) is 0 Å². The van der Waals surface area contributed by atoms with Gasteiger partial charge in [-0.2, -0.15) is 0 Å². The van der Waals surface area contributed by atoms with Gasteiger partial charge in [0.15, 0.2) is 0 Å². The Hall–Kier alpha value is -2.69. The summed E-state index contributed by atoms with van der Waals surface area (Å²) >= 11 is 0. The first kappa shape index (κ1) is 19.1. The van der Waals surface area contributed by atoms with E-state index in [1.807, 2.05) is 42.5 Å². The number of benzene rings is 2. The van der Waals surface area contributed by atoms with Crippen molar-refractivity contribution < 1.29 is 19.0 Å². The zero-order valence-electron chi connectivity index (χ0n) is 16.0. The van der Waals surface area contributed by atoms with Crippen LogP contribution in [0.4, 0.5) is 5.69 Å². The third kappa shape index (κ3) is 5.64. The zero-order valence-corrected chi connectivity index (χ0v) is 16.0. The number of hydrogen-bond donors (Lipinski definition) is 1. The molecule has 1 aliphatic carbocycles. The number of aryl methyl sites for hydroxylation is 1. The molecule has 27 heavy (non-hydrogen) atoms. The number of carbonyl (C=O) groups excluding carboxylic acids is 1. The molecule has 2 aromatic rings. The van der Waals surface area contributed by atoms with Crippen molar-refractivity contribution in [2.24, 2.45) is 0 Å². The standard InChI is InChI=1S/C22H27NO4/c1-25-20-13-16(14-21(15-20)26-2)7-12-22(24)23-17-8-10-19(11-9-17)27-18-5-3-4-6-18/h8-11,13-15,18H,3-7,12H2,1-2H3,(H,23,24). The lowest BCUT2D eigenvalue weighted by atomic mass is 10.1. The first-order valence-corrected chi connectivity index (χ1v) is 9.45. The van der Waals surface area contributed by atoms with Gasteiger partial charge in [0.25, 0.3) is 0 Å². The molecule has 1 fully saturated rings. The summed E-state index contributed by atoms with van der Waals surface area (Å²) < 4.78 is 16.5. The van der Waals surface area contributed by atoms with E-state index in [0.717, 1.165) is 41.3 Å². The van der Waals surface area contributed by atoms with Crippen LogP contribution in [0.3, 0.4) is 0 Å². The molecule has 0 aromatic heterocycles. The van der Waals surface area contributed by atoms with Crippen molar-refractivity contribution in [2.45, 2.75) is 44.6 Å². The lowest BCUT2D eigenvalue weighted by Gasteiger charge is -2.13. The Morgan fingerprint density at radius 1 is 0.963 bits per heavy atom. The molecule has 0 atom stereocenters. The molecule has 3 rings (SSSR count). The monoisotopic (exact) mass is 369 g/mol. The Labute approximate surface area is 160 Å². The van der Waals surface area contributed by atoms with Crippen molar-refractivity contribution in [2.75, 3.05) is 19.5 Å². The van der Waals surface area contributed by atoms with E-state index in [4.69, 9.17) is 14.2 Å². The van der Waals surface area contributed by atoms with Gasteiger partial charge in [-0.15, -0.1) is 0 Å². The van der Waals surface area contributed by atoms with Crippen molar-refractivity contribution in [1.29, 1.82) is 0 Å². The third-order valence-electron chi connectivity index (χ3n) is 4.79. The van der Waals surface area contributed by atoms with E-state index in [-0.39, 0.29) is 5.91 Å². The average molecular weight is 369 g/mol. The topological polar surface area (TPSA) is 56.8 Å². The maximum Gasteiger partial charge on any atom is 0.224 e. The van der Waals surface area contributed by atoms with E-state index in [9.17, 15) is 4.79 Å². The van der Waals surface area contributed by atoms with Gasteiger partial charge in [-0.05, 0) is 74.1 Å². The Morgan fingerprint density at radius 3 is 2.19 bits per heavy atom. The third-order valence-corrected chi connectivity index (χ3v) is 4.79. The summed E-state index contributed by atoms with van der Waals surface area (Å²) in [6.45, 7) is 0. The van der Waals surface area contributed by atoms with Crippen LogP contribution in [-0.4, -0.2) is 26.2 Å². The van der Waals surface area contributed by atoms with Crippen LogP contribution >= 0.6 is 0 Å². The van der Waals surface area contributed by atoms with Crippen LogP contribution < -0.4 is 19.5 Å². The summed E-state index contributed by atoms with van der Waals surface area (Å²) in [6.07, 6.45) is 6.10. The van der Waals surface area contributed by atoms with E-state index >= 15 is 0 Å². The fraction of sp³-hybridized carbons (Fsp3) is 0.409. The maximum atomic E-state index is 12.3. The van der Waals surface area contributed by atoms with E-state index in [2.05, 4.69) is 5.32 Å². The van der Waals surface area contributed by atoms with Crippen molar-refractivity contribution in [3.8, 4) is 17.2 Å². The van der Waals surface area contributed by atoms with Crippen molar-refractivity contribution in [3.63, 3.8) is 0 Å². The average Bonchev–Trinajstić information content (AvgIpc) is 3.20. The van der Waals surface area contributed by atoms with E-state index in [1.54, 1.807) is 14.2 Å².